The Morgan fingerprint density at radius 1 is 0.971 bits per heavy atom. The van der Waals surface area contributed by atoms with Gasteiger partial charge in [0.15, 0.2) is 0 Å². The largest absolute Gasteiger partial charge is 0.460 e. The van der Waals surface area contributed by atoms with Crippen LogP contribution in [0, 0.1) is 5.92 Å². The number of hydrogen-bond acceptors (Lipinski definition) is 3. The molecule has 6 heteroatoms. The van der Waals surface area contributed by atoms with E-state index in [4.69, 9.17) is 16.3 Å². The second kappa shape index (κ2) is 14.7. The Kier molecular flexibility index (Phi) is 12.7. The number of carbonyl (C=O) groups is 2. The molecule has 0 aromatic heterocycles. The number of ether oxygens (including phenoxy) is 1. The zero-order valence-electron chi connectivity index (χ0n) is 21.7. The van der Waals surface area contributed by atoms with Gasteiger partial charge in [-0.3, -0.25) is 4.79 Å². The van der Waals surface area contributed by atoms with Crippen LogP contribution in [0.3, 0.4) is 0 Å². The van der Waals surface area contributed by atoms with E-state index in [1.807, 2.05) is 71.0 Å². The first-order valence-corrected chi connectivity index (χ1v) is 12.4. The van der Waals surface area contributed by atoms with Crippen molar-refractivity contribution < 1.29 is 14.3 Å². The molecule has 2 rings (SSSR count). The third-order valence-corrected chi connectivity index (χ3v) is 5.27. The standard InChI is InChI=1S/C20H25ClN2O.C8H16O2/c1-3-5-16(4-2)17-8-12-19(13-9-17)23-20(24)22-14-15-6-10-18(21)11-7-15;1-6(2)7(9)10-8(3,4)5/h6-13,16H,3-5,14H2,1-2H3,(H2,22,23,24);6H,1-5H3. The van der Waals surface area contributed by atoms with Crippen molar-refractivity contribution in [1.29, 1.82) is 0 Å². The van der Waals surface area contributed by atoms with E-state index in [9.17, 15) is 9.59 Å². The van der Waals surface area contributed by atoms with Gasteiger partial charge in [0.05, 0.1) is 5.92 Å². The van der Waals surface area contributed by atoms with Gasteiger partial charge in [-0.05, 0) is 74.9 Å². The Hall–Kier alpha value is -2.53. The number of anilines is 1. The number of hydrogen-bond donors (Lipinski definition) is 2. The topological polar surface area (TPSA) is 67.4 Å². The lowest BCUT2D eigenvalue weighted by atomic mass is 9.92. The molecule has 0 bridgehead atoms. The highest BCUT2D eigenvalue weighted by Crippen LogP contribution is 2.25. The van der Waals surface area contributed by atoms with Crippen molar-refractivity contribution in [2.24, 2.45) is 5.92 Å². The molecule has 0 spiro atoms. The molecule has 0 fully saturated rings. The van der Waals surface area contributed by atoms with Crippen LogP contribution in [-0.2, 0) is 16.1 Å². The van der Waals surface area contributed by atoms with Gasteiger partial charge in [-0.2, -0.15) is 0 Å². The summed E-state index contributed by atoms with van der Waals surface area (Å²) in [7, 11) is 0. The number of carbonyl (C=O) groups excluding carboxylic acids is 2. The van der Waals surface area contributed by atoms with Crippen LogP contribution in [0.25, 0.3) is 0 Å². The van der Waals surface area contributed by atoms with Gasteiger partial charge in [0.25, 0.3) is 0 Å². The van der Waals surface area contributed by atoms with E-state index >= 15 is 0 Å². The van der Waals surface area contributed by atoms with Gasteiger partial charge in [-0.15, -0.1) is 0 Å². The Morgan fingerprint density at radius 3 is 2.00 bits per heavy atom. The maximum atomic E-state index is 12.0. The van der Waals surface area contributed by atoms with Crippen molar-refractivity contribution in [2.45, 2.75) is 85.8 Å². The number of rotatable bonds is 8. The number of esters is 1. The van der Waals surface area contributed by atoms with Crippen LogP contribution in [0.2, 0.25) is 5.02 Å². The number of urea groups is 1. The lowest BCUT2D eigenvalue weighted by Gasteiger charge is -2.20. The van der Waals surface area contributed by atoms with Crippen molar-refractivity contribution in [3.05, 3.63) is 64.7 Å². The molecular weight excluding hydrogens is 448 g/mol. The molecule has 1 atom stereocenters. The SMILES string of the molecule is CC(C)C(=O)OC(C)(C)C.CCCC(CC)c1ccc(NC(=O)NCc2ccc(Cl)cc2)cc1. The van der Waals surface area contributed by atoms with Crippen molar-refractivity contribution in [1.82, 2.24) is 5.32 Å². The fraction of sp³-hybridized carbons (Fsp3) is 0.500. The Labute approximate surface area is 210 Å². The van der Waals surface area contributed by atoms with Gasteiger partial charge in [0, 0.05) is 17.3 Å². The average Bonchev–Trinajstić information content (AvgIpc) is 2.77. The van der Waals surface area contributed by atoms with Crippen LogP contribution in [0.5, 0.6) is 0 Å². The van der Waals surface area contributed by atoms with Crippen molar-refractivity contribution in [3.8, 4) is 0 Å². The normalized spacial score (nSPS) is 11.8. The summed E-state index contributed by atoms with van der Waals surface area (Å²) in [6.45, 7) is 14.2. The van der Waals surface area contributed by atoms with E-state index in [-0.39, 0.29) is 23.5 Å². The highest BCUT2D eigenvalue weighted by Gasteiger charge is 2.18. The van der Waals surface area contributed by atoms with Crippen LogP contribution >= 0.6 is 11.6 Å². The molecule has 1 unspecified atom stereocenters. The lowest BCUT2D eigenvalue weighted by molar-refractivity contribution is -0.158. The van der Waals surface area contributed by atoms with Gasteiger partial charge in [0.1, 0.15) is 5.60 Å². The Balaban J connectivity index is 0.000000489. The molecule has 0 saturated heterocycles. The molecule has 0 heterocycles. The van der Waals surface area contributed by atoms with E-state index in [1.165, 1.54) is 18.4 Å². The smallest absolute Gasteiger partial charge is 0.319 e. The minimum atomic E-state index is -0.346. The first kappa shape index (κ1) is 29.5. The van der Waals surface area contributed by atoms with Crippen LogP contribution < -0.4 is 10.6 Å². The predicted octanol–water partition coefficient (Wildman–Crippen LogP) is 7.94. The molecule has 2 aromatic rings. The highest BCUT2D eigenvalue weighted by molar-refractivity contribution is 6.30. The van der Waals surface area contributed by atoms with Gasteiger partial charge >= 0.3 is 12.0 Å². The minimum absolute atomic E-state index is 0.0285. The van der Waals surface area contributed by atoms with E-state index in [2.05, 4.69) is 36.6 Å². The van der Waals surface area contributed by atoms with Crippen LogP contribution in [0.4, 0.5) is 10.5 Å². The fourth-order valence-electron chi connectivity index (χ4n) is 3.17. The summed E-state index contributed by atoms with van der Waals surface area (Å²) in [5, 5.41) is 6.40. The summed E-state index contributed by atoms with van der Waals surface area (Å²) in [5.74, 6) is 0.439. The molecule has 0 aliphatic carbocycles. The maximum Gasteiger partial charge on any atom is 0.319 e. The quantitative estimate of drug-likeness (QED) is 0.370. The molecule has 0 saturated carbocycles. The first-order valence-electron chi connectivity index (χ1n) is 12.1. The summed E-state index contributed by atoms with van der Waals surface area (Å²) in [5.41, 5.74) is 2.81. The Morgan fingerprint density at radius 2 is 1.56 bits per heavy atom. The molecule has 2 aromatic carbocycles. The summed E-state index contributed by atoms with van der Waals surface area (Å²) >= 11 is 5.85. The third kappa shape index (κ3) is 12.1. The summed E-state index contributed by atoms with van der Waals surface area (Å²) in [6.07, 6.45) is 3.53. The van der Waals surface area contributed by atoms with Crippen LogP contribution in [0.15, 0.2) is 48.5 Å². The lowest BCUT2D eigenvalue weighted by Crippen LogP contribution is -2.28. The zero-order chi connectivity index (χ0) is 25.7. The van der Waals surface area contributed by atoms with E-state index < -0.39 is 0 Å². The number of benzene rings is 2. The maximum absolute atomic E-state index is 12.0. The predicted molar refractivity (Wildman–Crippen MR) is 142 cm³/mol. The molecule has 0 radical (unpaired) electrons. The van der Waals surface area contributed by atoms with Gasteiger partial charge in [-0.1, -0.05) is 70.0 Å². The van der Waals surface area contributed by atoms with Crippen molar-refractivity contribution in [3.63, 3.8) is 0 Å². The molecule has 0 aliphatic heterocycles. The summed E-state index contributed by atoms with van der Waals surface area (Å²) in [6, 6.07) is 15.4. The molecule has 2 amide bonds. The average molecular weight is 489 g/mol. The molecule has 0 aliphatic rings. The first-order chi connectivity index (χ1) is 15.9. The molecule has 34 heavy (non-hydrogen) atoms. The van der Waals surface area contributed by atoms with Gasteiger partial charge < -0.3 is 15.4 Å². The zero-order valence-corrected chi connectivity index (χ0v) is 22.5. The molecule has 5 nitrogen and oxygen atoms in total. The highest BCUT2D eigenvalue weighted by atomic mass is 35.5. The minimum Gasteiger partial charge on any atom is -0.460 e. The van der Waals surface area contributed by atoms with Crippen molar-refractivity contribution in [2.75, 3.05) is 5.32 Å². The molecule has 2 N–H and O–H groups in total. The number of amides is 2. The van der Waals surface area contributed by atoms with Gasteiger partial charge in [0.2, 0.25) is 0 Å². The van der Waals surface area contributed by atoms with Crippen LogP contribution in [0.1, 0.15) is 84.8 Å². The molecule has 188 valence electrons. The van der Waals surface area contributed by atoms with E-state index in [0.29, 0.717) is 17.5 Å². The van der Waals surface area contributed by atoms with Crippen molar-refractivity contribution >= 4 is 29.3 Å². The Bertz CT molecular complexity index is 872. The second-order valence-corrected chi connectivity index (χ2v) is 10.1. The molecular formula is C28H41ClN2O3. The third-order valence-electron chi connectivity index (χ3n) is 5.01. The number of nitrogens with one attached hydrogen (secondary N) is 2. The summed E-state index contributed by atoms with van der Waals surface area (Å²) in [4.78, 5) is 22.9. The van der Waals surface area contributed by atoms with E-state index in [0.717, 1.165) is 17.7 Å². The fourth-order valence-corrected chi connectivity index (χ4v) is 3.30. The summed E-state index contributed by atoms with van der Waals surface area (Å²) < 4.78 is 5.06. The van der Waals surface area contributed by atoms with Gasteiger partial charge in [-0.25, -0.2) is 4.79 Å². The van der Waals surface area contributed by atoms with E-state index in [1.54, 1.807) is 0 Å². The second-order valence-electron chi connectivity index (χ2n) is 9.64. The van der Waals surface area contributed by atoms with Crippen LogP contribution in [-0.4, -0.2) is 17.6 Å². The number of halogens is 1. The monoisotopic (exact) mass is 488 g/mol.